The lowest BCUT2D eigenvalue weighted by molar-refractivity contribution is 0.0203. The highest BCUT2D eigenvalue weighted by atomic mass is 16.6. The molecule has 1 amide bonds. The smallest absolute Gasteiger partial charge is 0.410 e. The number of piperidine rings is 1. The fourth-order valence-corrected chi connectivity index (χ4v) is 3.33. The minimum Gasteiger partial charge on any atom is -0.444 e. The second-order valence-electron chi connectivity index (χ2n) is 7.50. The molecule has 0 spiro atoms. The van der Waals surface area contributed by atoms with Crippen LogP contribution < -0.4 is 0 Å². The van der Waals surface area contributed by atoms with E-state index in [-0.39, 0.29) is 6.09 Å². The number of hydrogen-bond acceptors (Lipinski definition) is 3. The van der Waals surface area contributed by atoms with E-state index in [1.165, 1.54) is 24.2 Å². The summed E-state index contributed by atoms with van der Waals surface area (Å²) in [4.78, 5) is 22.3. The molecule has 3 rings (SSSR count). The number of aryl methyl sites for hydroxylation is 2. The Kier molecular flexibility index (Phi) is 4.15. The van der Waals surface area contributed by atoms with Gasteiger partial charge in [-0.2, -0.15) is 0 Å². The van der Waals surface area contributed by atoms with Crippen LogP contribution in [0.3, 0.4) is 0 Å². The minimum absolute atomic E-state index is 0.190. The number of rotatable bonds is 1. The van der Waals surface area contributed by atoms with Crippen LogP contribution in [-0.2, 0) is 17.6 Å². The Morgan fingerprint density at radius 3 is 2.55 bits per heavy atom. The maximum absolute atomic E-state index is 12.1. The molecular formula is C17H27N3O2. The van der Waals surface area contributed by atoms with Crippen LogP contribution in [0.4, 0.5) is 4.79 Å². The lowest BCUT2D eigenvalue weighted by atomic mass is 9.96. The first-order chi connectivity index (χ1) is 10.4. The first kappa shape index (κ1) is 15.4. The summed E-state index contributed by atoms with van der Waals surface area (Å²) in [7, 11) is 0. The van der Waals surface area contributed by atoms with Crippen molar-refractivity contribution in [2.45, 2.75) is 70.8 Å². The van der Waals surface area contributed by atoms with Crippen LogP contribution in [0, 0.1) is 0 Å². The zero-order valence-corrected chi connectivity index (χ0v) is 13.9. The minimum atomic E-state index is -0.423. The maximum atomic E-state index is 12.1. The molecule has 1 fully saturated rings. The third kappa shape index (κ3) is 3.45. The molecule has 0 unspecified atom stereocenters. The molecular weight excluding hydrogens is 278 g/mol. The van der Waals surface area contributed by atoms with E-state index < -0.39 is 5.60 Å². The fourth-order valence-electron chi connectivity index (χ4n) is 3.33. The average molecular weight is 305 g/mol. The second-order valence-corrected chi connectivity index (χ2v) is 7.50. The number of H-pyrrole nitrogens is 1. The Bertz CT molecular complexity index is 513. The van der Waals surface area contributed by atoms with E-state index in [9.17, 15) is 4.79 Å². The van der Waals surface area contributed by atoms with Crippen LogP contribution in [0.2, 0.25) is 0 Å². The van der Waals surface area contributed by atoms with Crippen LogP contribution in [0.1, 0.15) is 69.6 Å². The molecule has 0 saturated carbocycles. The Labute approximate surface area is 132 Å². The van der Waals surface area contributed by atoms with E-state index in [4.69, 9.17) is 9.72 Å². The molecule has 5 nitrogen and oxygen atoms in total. The topological polar surface area (TPSA) is 58.2 Å². The molecule has 22 heavy (non-hydrogen) atoms. The van der Waals surface area contributed by atoms with Gasteiger partial charge in [0.05, 0.1) is 5.69 Å². The molecule has 0 atom stereocenters. The summed E-state index contributed by atoms with van der Waals surface area (Å²) >= 11 is 0. The van der Waals surface area contributed by atoms with E-state index in [0.717, 1.165) is 44.6 Å². The lowest BCUT2D eigenvalue weighted by Gasteiger charge is -2.32. The molecule has 1 aromatic rings. The highest BCUT2D eigenvalue weighted by Gasteiger charge is 2.29. The number of fused-ring (bicyclic) bond motifs is 1. The molecule has 1 aliphatic carbocycles. The van der Waals surface area contributed by atoms with Crippen LogP contribution in [0.25, 0.3) is 0 Å². The summed E-state index contributed by atoms with van der Waals surface area (Å²) in [5.41, 5.74) is 2.19. The molecule has 1 aromatic heterocycles. The van der Waals surface area contributed by atoms with E-state index >= 15 is 0 Å². The van der Waals surface area contributed by atoms with Crippen molar-refractivity contribution in [3.05, 3.63) is 17.2 Å². The quantitative estimate of drug-likeness (QED) is 0.865. The van der Waals surface area contributed by atoms with Gasteiger partial charge in [-0.15, -0.1) is 0 Å². The Morgan fingerprint density at radius 1 is 1.23 bits per heavy atom. The van der Waals surface area contributed by atoms with Crippen molar-refractivity contribution in [1.82, 2.24) is 14.9 Å². The lowest BCUT2D eigenvalue weighted by Crippen LogP contribution is -2.41. The zero-order chi connectivity index (χ0) is 15.7. The number of ether oxygens (including phenoxy) is 1. The number of aromatic amines is 1. The maximum Gasteiger partial charge on any atom is 0.410 e. The van der Waals surface area contributed by atoms with Crippen molar-refractivity contribution >= 4 is 6.09 Å². The third-order valence-corrected chi connectivity index (χ3v) is 4.51. The molecule has 2 aliphatic rings. The molecule has 2 heterocycles. The summed E-state index contributed by atoms with van der Waals surface area (Å²) in [6.45, 7) is 7.23. The highest BCUT2D eigenvalue weighted by Crippen LogP contribution is 2.29. The van der Waals surface area contributed by atoms with E-state index in [1.807, 2.05) is 25.7 Å². The third-order valence-electron chi connectivity index (χ3n) is 4.51. The van der Waals surface area contributed by atoms with E-state index in [2.05, 4.69) is 4.98 Å². The average Bonchev–Trinajstić information content (AvgIpc) is 2.89. The number of nitrogens with one attached hydrogen (secondary N) is 1. The number of carbonyl (C=O) groups is 1. The van der Waals surface area contributed by atoms with Crippen molar-refractivity contribution in [2.24, 2.45) is 0 Å². The zero-order valence-electron chi connectivity index (χ0n) is 13.9. The summed E-state index contributed by atoms with van der Waals surface area (Å²) in [5.74, 6) is 1.58. The van der Waals surface area contributed by atoms with Crippen LogP contribution in [-0.4, -0.2) is 39.7 Å². The van der Waals surface area contributed by atoms with Gasteiger partial charge in [-0.05, 0) is 59.3 Å². The summed E-state index contributed by atoms with van der Waals surface area (Å²) < 4.78 is 5.45. The van der Waals surface area contributed by atoms with Gasteiger partial charge in [-0.3, -0.25) is 0 Å². The molecule has 1 aliphatic heterocycles. The predicted octanol–water partition coefficient (Wildman–Crippen LogP) is 3.40. The van der Waals surface area contributed by atoms with Crippen LogP contribution in [0.5, 0.6) is 0 Å². The molecule has 1 N–H and O–H groups in total. The normalized spacial score (nSPS) is 19.9. The largest absolute Gasteiger partial charge is 0.444 e. The number of carbonyl (C=O) groups excluding carboxylic acids is 1. The van der Waals surface area contributed by atoms with Gasteiger partial charge in [-0.1, -0.05) is 0 Å². The van der Waals surface area contributed by atoms with Gasteiger partial charge >= 0.3 is 6.09 Å². The molecule has 122 valence electrons. The van der Waals surface area contributed by atoms with Gasteiger partial charge in [-0.25, -0.2) is 9.78 Å². The molecule has 0 aromatic carbocycles. The van der Waals surface area contributed by atoms with Crippen LogP contribution >= 0.6 is 0 Å². The van der Waals surface area contributed by atoms with Crippen molar-refractivity contribution < 1.29 is 9.53 Å². The number of imidazole rings is 1. The van der Waals surface area contributed by atoms with E-state index in [0.29, 0.717) is 5.92 Å². The Morgan fingerprint density at radius 2 is 1.91 bits per heavy atom. The van der Waals surface area contributed by atoms with Gasteiger partial charge in [0, 0.05) is 24.7 Å². The Balaban J connectivity index is 1.57. The first-order valence-electron chi connectivity index (χ1n) is 8.48. The number of amides is 1. The van der Waals surface area contributed by atoms with Gasteiger partial charge in [0.2, 0.25) is 0 Å². The molecule has 0 bridgehead atoms. The molecule has 5 heteroatoms. The van der Waals surface area contributed by atoms with Gasteiger partial charge in [0.25, 0.3) is 0 Å². The number of aromatic nitrogens is 2. The fraction of sp³-hybridized carbons (Fsp3) is 0.765. The first-order valence-corrected chi connectivity index (χ1v) is 8.48. The number of hydrogen-bond donors (Lipinski definition) is 1. The highest BCUT2D eigenvalue weighted by molar-refractivity contribution is 5.68. The second kappa shape index (κ2) is 5.94. The van der Waals surface area contributed by atoms with E-state index in [1.54, 1.807) is 0 Å². The van der Waals surface area contributed by atoms with Crippen molar-refractivity contribution in [1.29, 1.82) is 0 Å². The summed E-state index contributed by atoms with van der Waals surface area (Å²) in [6.07, 6.45) is 6.52. The van der Waals surface area contributed by atoms with Crippen molar-refractivity contribution in [2.75, 3.05) is 13.1 Å². The SMILES string of the molecule is CC(C)(C)OC(=O)N1CCC(c2nc3c([nH]2)CCCC3)CC1. The molecule has 1 saturated heterocycles. The van der Waals surface area contributed by atoms with Gasteiger partial charge in [0.1, 0.15) is 11.4 Å². The monoisotopic (exact) mass is 305 g/mol. The summed E-state index contributed by atoms with van der Waals surface area (Å²) in [5, 5.41) is 0. The van der Waals surface area contributed by atoms with Crippen molar-refractivity contribution in [3.63, 3.8) is 0 Å². The Hall–Kier alpha value is -1.52. The van der Waals surface area contributed by atoms with Crippen molar-refractivity contribution in [3.8, 4) is 0 Å². The molecule has 0 radical (unpaired) electrons. The van der Waals surface area contributed by atoms with Crippen LogP contribution in [0.15, 0.2) is 0 Å². The number of likely N-dealkylation sites (tertiary alicyclic amines) is 1. The van der Waals surface area contributed by atoms with Gasteiger partial charge in [0.15, 0.2) is 0 Å². The van der Waals surface area contributed by atoms with Gasteiger partial charge < -0.3 is 14.6 Å². The summed E-state index contributed by atoms with van der Waals surface area (Å²) in [6, 6.07) is 0. The standard InChI is InChI=1S/C17H27N3O2/c1-17(2,3)22-16(21)20-10-8-12(9-11-20)15-18-13-6-4-5-7-14(13)19-15/h12H,4-11H2,1-3H3,(H,18,19). The number of nitrogens with zero attached hydrogens (tertiary/aromatic N) is 2. The predicted molar refractivity (Wildman–Crippen MR) is 85.0 cm³/mol.